The molecule has 1 aliphatic rings. The SMILES string of the molecule is O=C1N[C@H](c2ccc(F)cc2)[C@H](C(=O)c2ccc(Cl)cc2)[C@@](O)(C(F)(F)F)N1. The number of hydrogen-bond donors (Lipinski definition) is 3. The number of ketones is 1. The molecule has 2 amide bonds. The lowest BCUT2D eigenvalue weighted by Gasteiger charge is -2.45. The van der Waals surface area contributed by atoms with Gasteiger partial charge >= 0.3 is 12.2 Å². The van der Waals surface area contributed by atoms with Crippen LogP contribution < -0.4 is 10.6 Å². The Kier molecular flexibility index (Phi) is 5.07. The predicted molar refractivity (Wildman–Crippen MR) is 91.1 cm³/mol. The highest BCUT2D eigenvalue weighted by molar-refractivity contribution is 6.30. The second-order valence-electron chi connectivity index (χ2n) is 6.24. The van der Waals surface area contributed by atoms with E-state index in [9.17, 15) is 32.3 Å². The first-order valence-corrected chi connectivity index (χ1v) is 8.34. The number of urea groups is 1. The molecule has 5 nitrogen and oxygen atoms in total. The fourth-order valence-electron chi connectivity index (χ4n) is 3.08. The summed E-state index contributed by atoms with van der Waals surface area (Å²) >= 11 is 5.74. The fraction of sp³-hybridized carbons (Fsp3) is 0.222. The van der Waals surface area contributed by atoms with Crippen molar-refractivity contribution in [2.24, 2.45) is 5.92 Å². The van der Waals surface area contributed by atoms with Gasteiger partial charge in [-0.15, -0.1) is 0 Å². The zero-order chi connectivity index (χ0) is 20.7. The van der Waals surface area contributed by atoms with E-state index >= 15 is 0 Å². The summed E-state index contributed by atoms with van der Waals surface area (Å²) in [6, 6.07) is 6.35. The van der Waals surface area contributed by atoms with Gasteiger partial charge < -0.3 is 15.7 Å². The van der Waals surface area contributed by atoms with Gasteiger partial charge in [0.1, 0.15) is 11.7 Å². The van der Waals surface area contributed by atoms with Gasteiger partial charge in [-0.3, -0.25) is 4.79 Å². The minimum atomic E-state index is -5.37. The highest BCUT2D eigenvalue weighted by Crippen LogP contribution is 2.44. The molecule has 10 heteroatoms. The second kappa shape index (κ2) is 7.06. The van der Waals surface area contributed by atoms with Gasteiger partial charge in [-0.1, -0.05) is 23.7 Å². The van der Waals surface area contributed by atoms with Gasteiger partial charge in [0.15, 0.2) is 5.78 Å². The Hall–Kier alpha value is -2.65. The van der Waals surface area contributed by atoms with Crippen molar-refractivity contribution < 1.29 is 32.3 Å². The van der Waals surface area contributed by atoms with Gasteiger partial charge in [0.05, 0.1) is 6.04 Å². The summed E-state index contributed by atoms with van der Waals surface area (Å²) in [7, 11) is 0. The smallest absolute Gasteiger partial charge is 0.363 e. The van der Waals surface area contributed by atoms with Crippen molar-refractivity contribution in [3.05, 3.63) is 70.5 Å². The summed E-state index contributed by atoms with van der Waals surface area (Å²) in [4.78, 5) is 24.8. The minimum Gasteiger partial charge on any atom is -0.363 e. The van der Waals surface area contributed by atoms with E-state index in [4.69, 9.17) is 11.6 Å². The van der Waals surface area contributed by atoms with Crippen LogP contribution in [0.1, 0.15) is 22.0 Å². The number of alkyl halides is 3. The molecular weight excluding hydrogens is 404 g/mol. The lowest BCUT2D eigenvalue weighted by Crippen LogP contribution is -2.72. The van der Waals surface area contributed by atoms with E-state index in [0.717, 1.165) is 24.3 Å². The molecule has 0 unspecified atom stereocenters. The number of amides is 2. The summed E-state index contributed by atoms with van der Waals surface area (Å²) in [5.41, 5.74) is -3.97. The van der Waals surface area contributed by atoms with Crippen molar-refractivity contribution in [1.29, 1.82) is 0 Å². The third-order valence-electron chi connectivity index (χ3n) is 4.45. The molecule has 148 valence electrons. The minimum absolute atomic E-state index is 0.0197. The van der Waals surface area contributed by atoms with Crippen LogP contribution >= 0.6 is 11.6 Å². The van der Waals surface area contributed by atoms with Crippen molar-refractivity contribution in [1.82, 2.24) is 10.6 Å². The maximum atomic E-state index is 13.7. The second-order valence-corrected chi connectivity index (χ2v) is 6.68. The van der Waals surface area contributed by atoms with Crippen LogP contribution in [0.3, 0.4) is 0 Å². The van der Waals surface area contributed by atoms with E-state index in [1.54, 1.807) is 0 Å². The first-order chi connectivity index (χ1) is 13.0. The first kappa shape index (κ1) is 20.1. The van der Waals surface area contributed by atoms with Gasteiger partial charge in [-0.05, 0) is 42.0 Å². The molecule has 3 N–H and O–H groups in total. The fourth-order valence-corrected chi connectivity index (χ4v) is 3.21. The van der Waals surface area contributed by atoms with Gasteiger partial charge in [0.2, 0.25) is 5.72 Å². The lowest BCUT2D eigenvalue weighted by molar-refractivity contribution is -0.287. The Balaban J connectivity index is 2.15. The van der Waals surface area contributed by atoms with Crippen molar-refractivity contribution in [2.45, 2.75) is 17.9 Å². The summed E-state index contributed by atoms with van der Waals surface area (Å²) < 4.78 is 54.4. The molecule has 2 aromatic carbocycles. The summed E-state index contributed by atoms with van der Waals surface area (Å²) in [6.45, 7) is 0. The Bertz CT molecular complexity index is 903. The van der Waals surface area contributed by atoms with Crippen molar-refractivity contribution in [3.8, 4) is 0 Å². The van der Waals surface area contributed by atoms with Gasteiger partial charge in [-0.25, -0.2) is 9.18 Å². The summed E-state index contributed by atoms with van der Waals surface area (Å²) in [6.07, 6.45) is -5.37. The summed E-state index contributed by atoms with van der Waals surface area (Å²) in [5.74, 6) is -3.93. The Morgan fingerprint density at radius 2 is 1.64 bits per heavy atom. The molecule has 0 bridgehead atoms. The van der Waals surface area contributed by atoms with Gasteiger partial charge in [0, 0.05) is 10.6 Å². The van der Waals surface area contributed by atoms with E-state index in [1.807, 2.05) is 0 Å². The van der Waals surface area contributed by atoms with Crippen LogP contribution in [0.2, 0.25) is 5.02 Å². The van der Waals surface area contributed by atoms with Crippen LogP contribution in [-0.2, 0) is 0 Å². The van der Waals surface area contributed by atoms with Gasteiger partial charge in [-0.2, -0.15) is 13.2 Å². The third kappa shape index (κ3) is 3.55. The van der Waals surface area contributed by atoms with Crippen LogP contribution in [0, 0.1) is 11.7 Å². The van der Waals surface area contributed by atoms with Crippen LogP contribution in [-0.4, -0.2) is 28.8 Å². The molecule has 2 aromatic rings. The van der Waals surface area contributed by atoms with E-state index in [-0.39, 0.29) is 16.1 Å². The molecule has 1 aliphatic heterocycles. The molecule has 1 fully saturated rings. The summed E-state index contributed by atoms with van der Waals surface area (Å²) in [5, 5.41) is 14.3. The maximum Gasteiger partial charge on any atom is 0.437 e. The molecule has 3 rings (SSSR count). The largest absolute Gasteiger partial charge is 0.437 e. The molecule has 0 aromatic heterocycles. The average Bonchev–Trinajstić information content (AvgIpc) is 2.61. The average molecular weight is 417 g/mol. The number of hydrogen-bond acceptors (Lipinski definition) is 3. The topological polar surface area (TPSA) is 78.4 Å². The maximum absolute atomic E-state index is 13.7. The molecular formula is C18H13ClF4N2O3. The zero-order valence-corrected chi connectivity index (χ0v) is 14.7. The van der Waals surface area contributed by atoms with E-state index in [1.165, 1.54) is 29.6 Å². The highest BCUT2D eigenvalue weighted by atomic mass is 35.5. The number of nitrogens with one attached hydrogen (secondary N) is 2. The molecule has 3 atom stereocenters. The highest BCUT2D eigenvalue weighted by Gasteiger charge is 2.66. The van der Waals surface area contributed by atoms with Crippen LogP contribution in [0.4, 0.5) is 22.4 Å². The molecule has 0 aliphatic carbocycles. The predicted octanol–water partition coefficient (Wildman–Crippen LogP) is 3.58. The van der Waals surface area contributed by atoms with Crippen molar-refractivity contribution in [3.63, 3.8) is 0 Å². The number of carbonyl (C=O) groups excluding carboxylic acids is 2. The zero-order valence-electron chi connectivity index (χ0n) is 13.9. The number of carbonyl (C=O) groups is 2. The normalized spacial score (nSPS) is 25.0. The van der Waals surface area contributed by atoms with E-state index in [0.29, 0.717) is 0 Å². The number of Topliss-reactive ketones (excluding diaryl/α,β-unsaturated/α-hetero) is 1. The monoisotopic (exact) mass is 416 g/mol. The Morgan fingerprint density at radius 1 is 1.07 bits per heavy atom. The molecule has 1 heterocycles. The quantitative estimate of drug-likeness (QED) is 0.528. The van der Waals surface area contributed by atoms with E-state index < -0.39 is 41.5 Å². The number of halogens is 5. The van der Waals surface area contributed by atoms with Crippen LogP contribution in [0.15, 0.2) is 48.5 Å². The standard InChI is InChI=1S/C18H13ClF4N2O3/c19-11-5-1-10(2-6-11)15(26)13-14(9-3-7-12(20)8-4-9)24-16(27)25-17(13,28)18(21,22)23/h1-8,13-14,28H,(H2,24,25,27)/t13-,14-,17-/m1/s1. The van der Waals surface area contributed by atoms with Crippen LogP contribution in [0.5, 0.6) is 0 Å². The molecule has 0 spiro atoms. The number of aliphatic hydroxyl groups is 1. The lowest BCUT2D eigenvalue weighted by atomic mass is 9.77. The third-order valence-corrected chi connectivity index (χ3v) is 4.70. The Labute approximate surface area is 161 Å². The first-order valence-electron chi connectivity index (χ1n) is 7.96. The number of rotatable bonds is 3. The molecule has 0 saturated carbocycles. The van der Waals surface area contributed by atoms with Gasteiger partial charge in [0.25, 0.3) is 0 Å². The number of benzene rings is 2. The molecule has 0 radical (unpaired) electrons. The molecule has 28 heavy (non-hydrogen) atoms. The Morgan fingerprint density at radius 3 is 2.18 bits per heavy atom. The molecule has 1 saturated heterocycles. The van der Waals surface area contributed by atoms with E-state index in [2.05, 4.69) is 5.32 Å². The van der Waals surface area contributed by atoms with Crippen LogP contribution in [0.25, 0.3) is 0 Å². The van der Waals surface area contributed by atoms with Crippen molar-refractivity contribution >= 4 is 23.4 Å². The van der Waals surface area contributed by atoms with Crippen molar-refractivity contribution in [2.75, 3.05) is 0 Å².